The van der Waals surface area contributed by atoms with Gasteiger partial charge in [-0.25, -0.2) is 0 Å². The van der Waals surface area contributed by atoms with Crippen LogP contribution in [-0.2, 0) is 9.53 Å². The molecule has 0 saturated carbocycles. The lowest BCUT2D eigenvalue weighted by molar-refractivity contribution is -0.135. The average molecular weight is 241 g/mol. The van der Waals surface area contributed by atoms with Crippen LogP contribution in [0.5, 0.6) is 0 Å². The summed E-state index contributed by atoms with van der Waals surface area (Å²) < 4.78 is 5.44. The summed E-state index contributed by atoms with van der Waals surface area (Å²) in [5, 5.41) is 6.28. The van der Waals surface area contributed by atoms with Gasteiger partial charge in [0.15, 0.2) is 0 Å². The first-order valence-electron chi connectivity index (χ1n) is 6.64. The second-order valence-corrected chi connectivity index (χ2v) is 4.78. The molecule has 17 heavy (non-hydrogen) atoms. The standard InChI is InChI=1S/C12H23N3O2/c1-2-15-6-3-10(4-7-15)14-12(16)11-9-13-5-8-17-11/h10-11,13H,2-9H2,1H3,(H,14,16). The summed E-state index contributed by atoms with van der Waals surface area (Å²) in [5.74, 6) is 0.0483. The summed E-state index contributed by atoms with van der Waals surface area (Å²) in [4.78, 5) is 14.3. The van der Waals surface area contributed by atoms with Gasteiger partial charge in [-0.05, 0) is 19.4 Å². The minimum atomic E-state index is -0.298. The third-order valence-electron chi connectivity index (χ3n) is 3.60. The van der Waals surface area contributed by atoms with Crippen molar-refractivity contribution in [2.24, 2.45) is 0 Å². The van der Waals surface area contributed by atoms with E-state index in [-0.39, 0.29) is 12.0 Å². The van der Waals surface area contributed by atoms with Crippen molar-refractivity contribution < 1.29 is 9.53 Å². The number of rotatable bonds is 3. The monoisotopic (exact) mass is 241 g/mol. The fourth-order valence-corrected chi connectivity index (χ4v) is 2.42. The molecule has 5 heteroatoms. The lowest BCUT2D eigenvalue weighted by atomic mass is 10.0. The number of piperidine rings is 1. The van der Waals surface area contributed by atoms with Crippen molar-refractivity contribution in [1.82, 2.24) is 15.5 Å². The first kappa shape index (κ1) is 12.8. The van der Waals surface area contributed by atoms with Crippen LogP contribution in [0.25, 0.3) is 0 Å². The fourth-order valence-electron chi connectivity index (χ4n) is 2.42. The molecule has 0 bridgehead atoms. The lowest BCUT2D eigenvalue weighted by Crippen LogP contribution is -2.52. The first-order valence-corrected chi connectivity index (χ1v) is 6.64. The predicted molar refractivity (Wildman–Crippen MR) is 65.9 cm³/mol. The van der Waals surface area contributed by atoms with Crippen LogP contribution in [0.3, 0.4) is 0 Å². The Hall–Kier alpha value is -0.650. The molecule has 2 saturated heterocycles. The minimum Gasteiger partial charge on any atom is -0.366 e. The maximum atomic E-state index is 11.9. The van der Waals surface area contributed by atoms with Gasteiger partial charge in [0.2, 0.25) is 0 Å². The van der Waals surface area contributed by atoms with E-state index in [9.17, 15) is 4.79 Å². The molecule has 98 valence electrons. The van der Waals surface area contributed by atoms with Crippen LogP contribution in [0.2, 0.25) is 0 Å². The summed E-state index contributed by atoms with van der Waals surface area (Å²) >= 11 is 0. The summed E-state index contributed by atoms with van der Waals surface area (Å²) in [7, 11) is 0. The molecule has 0 aromatic carbocycles. The fraction of sp³-hybridized carbons (Fsp3) is 0.917. The van der Waals surface area contributed by atoms with Crippen LogP contribution in [0.15, 0.2) is 0 Å². The Kier molecular flexibility index (Phi) is 4.76. The number of likely N-dealkylation sites (tertiary alicyclic amines) is 1. The molecule has 5 nitrogen and oxygen atoms in total. The maximum Gasteiger partial charge on any atom is 0.250 e. The highest BCUT2D eigenvalue weighted by Crippen LogP contribution is 2.10. The summed E-state index contributed by atoms with van der Waals surface area (Å²) in [6.45, 7) is 7.58. The SMILES string of the molecule is CCN1CCC(NC(=O)C2CNCCO2)CC1. The Morgan fingerprint density at radius 2 is 2.24 bits per heavy atom. The third-order valence-corrected chi connectivity index (χ3v) is 3.60. The third kappa shape index (κ3) is 3.66. The normalized spacial score (nSPS) is 27.9. The Morgan fingerprint density at radius 1 is 1.47 bits per heavy atom. The maximum absolute atomic E-state index is 11.9. The van der Waals surface area contributed by atoms with Crippen molar-refractivity contribution in [3.05, 3.63) is 0 Å². The molecule has 2 aliphatic heterocycles. The number of ether oxygens (including phenoxy) is 1. The number of nitrogens with zero attached hydrogens (tertiary/aromatic N) is 1. The van der Waals surface area contributed by atoms with Gasteiger partial charge in [-0.1, -0.05) is 6.92 Å². The second kappa shape index (κ2) is 6.33. The molecule has 2 aliphatic rings. The Labute approximate surface area is 103 Å². The summed E-state index contributed by atoms with van der Waals surface area (Å²) in [5.41, 5.74) is 0. The smallest absolute Gasteiger partial charge is 0.250 e. The van der Waals surface area contributed by atoms with E-state index >= 15 is 0 Å². The van der Waals surface area contributed by atoms with Gasteiger partial charge in [0, 0.05) is 32.2 Å². The molecule has 1 amide bonds. The van der Waals surface area contributed by atoms with Gasteiger partial charge in [0.1, 0.15) is 6.10 Å². The van der Waals surface area contributed by atoms with Crippen molar-refractivity contribution in [3.8, 4) is 0 Å². The molecular weight excluding hydrogens is 218 g/mol. The van der Waals surface area contributed by atoms with E-state index in [0.29, 0.717) is 19.2 Å². The average Bonchev–Trinajstić information content (AvgIpc) is 2.40. The number of nitrogens with one attached hydrogen (secondary N) is 2. The van der Waals surface area contributed by atoms with Crippen LogP contribution >= 0.6 is 0 Å². The minimum absolute atomic E-state index is 0.0483. The first-order chi connectivity index (χ1) is 8.29. The molecule has 1 unspecified atom stereocenters. The Morgan fingerprint density at radius 3 is 2.82 bits per heavy atom. The van der Waals surface area contributed by atoms with Gasteiger partial charge < -0.3 is 20.3 Å². The highest BCUT2D eigenvalue weighted by Gasteiger charge is 2.25. The van der Waals surface area contributed by atoms with E-state index in [1.807, 2.05) is 0 Å². The Balaban J connectivity index is 1.71. The van der Waals surface area contributed by atoms with Crippen molar-refractivity contribution in [2.45, 2.75) is 31.9 Å². The molecule has 2 rings (SSSR count). The summed E-state index contributed by atoms with van der Waals surface area (Å²) in [6.07, 6.45) is 1.81. The van der Waals surface area contributed by atoms with Crippen LogP contribution < -0.4 is 10.6 Å². The predicted octanol–water partition coefficient (Wildman–Crippen LogP) is -0.425. The molecular formula is C12H23N3O2. The molecule has 0 radical (unpaired) electrons. The quantitative estimate of drug-likeness (QED) is 0.704. The van der Waals surface area contributed by atoms with E-state index in [1.54, 1.807) is 0 Å². The summed E-state index contributed by atoms with van der Waals surface area (Å²) in [6, 6.07) is 0.329. The van der Waals surface area contributed by atoms with E-state index in [0.717, 1.165) is 39.0 Å². The van der Waals surface area contributed by atoms with E-state index < -0.39 is 0 Å². The van der Waals surface area contributed by atoms with Gasteiger partial charge in [-0.15, -0.1) is 0 Å². The molecule has 0 aromatic heterocycles. The van der Waals surface area contributed by atoms with Crippen molar-refractivity contribution in [2.75, 3.05) is 39.3 Å². The van der Waals surface area contributed by atoms with Crippen molar-refractivity contribution in [1.29, 1.82) is 0 Å². The number of amides is 1. The van der Waals surface area contributed by atoms with Crippen LogP contribution in [0.4, 0.5) is 0 Å². The van der Waals surface area contributed by atoms with Gasteiger partial charge in [-0.2, -0.15) is 0 Å². The van der Waals surface area contributed by atoms with E-state index in [1.165, 1.54) is 0 Å². The van der Waals surface area contributed by atoms with Gasteiger partial charge in [0.05, 0.1) is 6.61 Å². The Bertz CT molecular complexity index is 246. The molecule has 2 heterocycles. The number of hydrogen-bond acceptors (Lipinski definition) is 4. The number of carbonyl (C=O) groups excluding carboxylic acids is 1. The number of carbonyl (C=O) groups is 1. The molecule has 0 aromatic rings. The highest BCUT2D eigenvalue weighted by atomic mass is 16.5. The van der Waals surface area contributed by atoms with E-state index in [2.05, 4.69) is 22.5 Å². The zero-order chi connectivity index (χ0) is 12.1. The largest absolute Gasteiger partial charge is 0.366 e. The molecule has 0 spiro atoms. The molecule has 0 aliphatic carbocycles. The van der Waals surface area contributed by atoms with Gasteiger partial charge in [-0.3, -0.25) is 4.79 Å². The van der Waals surface area contributed by atoms with Crippen LogP contribution in [0.1, 0.15) is 19.8 Å². The van der Waals surface area contributed by atoms with Crippen molar-refractivity contribution in [3.63, 3.8) is 0 Å². The number of morpholine rings is 1. The van der Waals surface area contributed by atoms with Crippen molar-refractivity contribution >= 4 is 5.91 Å². The zero-order valence-electron chi connectivity index (χ0n) is 10.6. The van der Waals surface area contributed by atoms with E-state index in [4.69, 9.17) is 4.74 Å². The lowest BCUT2D eigenvalue weighted by Gasteiger charge is -2.32. The molecule has 1 atom stereocenters. The van der Waals surface area contributed by atoms with Gasteiger partial charge >= 0.3 is 0 Å². The molecule has 2 fully saturated rings. The molecule has 2 N–H and O–H groups in total. The van der Waals surface area contributed by atoms with Crippen LogP contribution in [-0.4, -0.2) is 62.3 Å². The number of hydrogen-bond donors (Lipinski definition) is 2. The second-order valence-electron chi connectivity index (χ2n) is 4.78. The highest BCUT2D eigenvalue weighted by molar-refractivity contribution is 5.81. The topological polar surface area (TPSA) is 53.6 Å². The zero-order valence-corrected chi connectivity index (χ0v) is 10.6. The van der Waals surface area contributed by atoms with Gasteiger partial charge in [0.25, 0.3) is 5.91 Å². The van der Waals surface area contributed by atoms with Crippen LogP contribution in [0, 0.1) is 0 Å².